The highest BCUT2D eigenvalue weighted by molar-refractivity contribution is 5.95. The molecule has 1 amide bonds. The molecule has 0 spiro atoms. The van der Waals surface area contributed by atoms with Gasteiger partial charge >= 0.3 is 0 Å². The molecule has 0 atom stereocenters. The van der Waals surface area contributed by atoms with Gasteiger partial charge < -0.3 is 5.32 Å². The average Bonchev–Trinajstić information content (AvgIpc) is 3.09. The number of nitrogens with zero attached hydrogens (tertiary/aromatic N) is 2. The third-order valence-corrected chi connectivity index (χ3v) is 4.94. The Labute approximate surface area is 287 Å². The molecule has 3 rings (SSSR count). The van der Waals surface area contributed by atoms with Crippen LogP contribution in [0.5, 0.6) is 0 Å². The molecule has 3 aromatic rings. The molecule has 0 saturated heterocycles. The van der Waals surface area contributed by atoms with E-state index in [0.29, 0.717) is 12.1 Å². The van der Waals surface area contributed by atoms with Crippen molar-refractivity contribution in [2.45, 2.75) is 27.3 Å². The molecule has 3 N–H and O–H groups in total. The molecule has 0 aliphatic rings. The maximum Gasteiger partial charge on any atom is 0.253 e. The number of benzene rings is 2. The Balaban J connectivity index is -0.000000178. The average molecular weight is 643 g/mol. The number of halogens is 2. The Morgan fingerprint density at radius 2 is 1.15 bits per heavy atom. The second kappa shape index (κ2) is 26.9. The number of aromatic nitrogens is 1. The normalized spacial score (nSPS) is 7.08. The van der Waals surface area contributed by atoms with Gasteiger partial charge in [-0.15, -0.1) is 4.91 Å². The van der Waals surface area contributed by atoms with Crippen molar-refractivity contribution >= 4 is 5.91 Å². The predicted molar refractivity (Wildman–Crippen MR) is 196 cm³/mol. The quantitative estimate of drug-likeness (QED) is 0.154. The topological polar surface area (TPSA) is 97.4 Å². The molecule has 0 fully saturated rings. The highest BCUT2D eigenvalue weighted by Crippen LogP contribution is 2.19. The van der Waals surface area contributed by atoms with Gasteiger partial charge in [-0.3, -0.25) is 20.3 Å². The summed E-state index contributed by atoms with van der Waals surface area (Å²) in [6, 6.07) is 15.9. The number of amides is 1. The van der Waals surface area contributed by atoms with Crippen molar-refractivity contribution in [1.82, 2.24) is 10.3 Å². The van der Waals surface area contributed by atoms with Gasteiger partial charge in [0.1, 0.15) is 5.82 Å². The number of carbonyl (C=O) groups excluding carboxylic acids is 1. The van der Waals surface area contributed by atoms with Crippen LogP contribution in [0.3, 0.4) is 0 Å². The Kier molecular flexibility index (Phi) is 22.7. The number of aryl methyl sites for hydroxylation is 1. The molecule has 0 saturated carbocycles. The lowest BCUT2D eigenvalue weighted by Gasteiger charge is -2.07. The van der Waals surface area contributed by atoms with Gasteiger partial charge in [0.05, 0.1) is 5.56 Å². The third kappa shape index (κ3) is 19.5. The summed E-state index contributed by atoms with van der Waals surface area (Å²) in [6.07, 6.45) is 3.18. The Bertz CT molecular complexity index is 2070. The van der Waals surface area contributed by atoms with Crippen molar-refractivity contribution in [2.75, 3.05) is 0 Å². The molecular weight excluding hydrogens is 606 g/mol. The largest absolute Gasteiger partial charge is 0.348 e. The molecule has 2 aromatic carbocycles. The summed E-state index contributed by atoms with van der Waals surface area (Å²) in [5, 5.41) is 4.63. The standard InChI is InChI=1S/C20H17FN2O.C20H6.FH.H2N2O.5H2/c1-14-2-4-15(5-3-14)11-23-20(24)18-10-17(12-22-13-18)16-6-8-19(21)9-7-16;1-3-5-7-9-11-13-15-17-19-20-18-16-14-12-10-8-6-4-2;;1-2-3;;;;;/h2-10,12-13H,11H2,1H3,(H,23,24);1-2H3;1H;(H2,1,3);5*1H. The van der Waals surface area contributed by atoms with E-state index in [1.807, 2.05) is 31.2 Å². The summed E-state index contributed by atoms with van der Waals surface area (Å²) < 4.78 is 13.0. The lowest BCUT2D eigenvalue weighted by atomic mass is 10.1. The molecule has 0 aliphatic heterocycles. The number of carbonyl (C=O) groups is 1. The van der Waals surface area contributed by atoms with Crippen LogP contribution in [0.25, 0.3) is 11.1 Å². The van der Waals surface area contributed by atoms with E-state index in [-0.39, 0.29) is 23.6 Å². The lowest BCUT2D eigenvalue weighted by Crippen LogP contribution is -2.22. The van der Waals surface area contributed by atoms with Crippen LogP contribution in [0.1, 0.15) is 42.5 Å². The zero-order valence-electron chi connectivity index (χ0n) is 26.1. The summed E-state index contributed by atoms with van der Waals surface area (Å²) in [4.78, 5) is 24.8. The molecule has 1 aromatic heterocycles. The second-order valence-electron chi connectivity index (χ2n) is 8.24. The van der Waals surface area contributed by atoms with Crippen molar-refractivity contribution in [3.05, 3.63) is 94.4 Å². The van der Waals surface area contributed by atoms with E-state index < -0.39 is 0 Å². The van der Waals surface area contributed by atoms with Crippen LogP contribution in [0.15, 0.2) is 72.3 Å². The van der Waals surface area contributed by atoms with Crippen LogP contribution in [0.2, 0.25) is 0 Å². The van der Waals surface area contributed by atoms with E-state index in [1.165, 1.54) is 23.9 Å². The molecule has 8 heteroatoms. The van der Waals surface area contributed by atoms with Gasteiger partial charge in [0, 0.05) is 36.9 Å². The van der Waals surface area contributed by atoms with Crippen molar-refractivity contribution < 1.29 is 21.0 Å². The molecule has 6 nitrogen and oxygen atoms in total. The van der Waals surface area contributed by atoms with Gasteiger partial charge in [0.15, 0.2) is 0 Å². The monoisotopic (exact) mass is 642 g/mol. The first-order chi connectivity index (χ1) is 22.9. The maximum absolute atomic E-state index is 13.0. The Hall–Kier alpha value is -7.64. The van der Waals surface area contributed by atoms with Crippen LogP contribution in [0, 0.1) is 124 Å². The van der Waals surface area contributed by atoms with Crippen molar-refractivity contribution in [3.63, 3.8) is 0 Å². The first-order valence-corrected chi connectivity index (χ1v) is 13.4. The highest BCUT2D eigenvalue weighted by Gasteiger charge is 2.08. The first-order valence-electron chi connectivity index (χ1n) is 13.4. The first kappa shape index (κ1) is 40.4. The van der Waals surface area contributed by atoms with E-state index in [0.717, 1.165) is 16.7 Å². The van der Waals surface area contributed by atoms with Crippen LogP contribution in [-0.2, 0) is 6.54 Å². The number of rotatable bonds is 4. The number of nitrogens with two attached hydrogens (primary N) is 1. The van der Waals surface area contributed by atoms with E-state index in [9.17, 15) is 9.18 Å². The summed E-state index contributed by atoms with van der Waals surface area (Å²) in [5.74, 6) is 49.0. The predicted octanol–water partition coefficient (Wildman–Crippen LogP) is 6.19. The number of hydrogen-bond donors (Lipinski definition) is 2. The number of nitrogens with one attached hydrogen (secondary N) is 1. The van der Waals surface area contributed by atoms with E-state index in [1.54, 1.807) is 43.5 Å². The SMILES string of the molecule is CC#CC#CC#CC#CC#CC#CC#CC#CC#CC.Cc1ccc(CNC(=O)c2cncc(-c3ccc(F)cc3)c2)cc1.F.NN=O.[HH].[HH].[HH].[HH].[HH]. The lowest BCUT2D eigenvalue weighted by molar-refractivity contribution is 0.0950. The van der Waals surface area contributed by atoms with Gasteiger partial charge in [0.2, 0.25) is 0 Å². The summed E-state index contributed by atoms with van der Waals surface area (Å²) >= 11 is 0. The van der Waals surface area contributed by atoms with Gasteiger partial charge in [-0.2, -0.15) is 0 Å². The molecule has 0 radical (unpaired) electrons. The van der Waals surface area contributed by atoms with Crippen LogP contribution in [-0.4, -0.2) is 10.9 Å². The van der Waals surface area contributed by atoms with E-state index in [2.05, 4.69) is 123 Å². The number of hydrogen-bond acceptors (Lipinski definition) is 4. The highest BCUT2D eigenvalue weighted by atomic mass is 19.1. The minimum atomic E-state index is -0.293. The molecule has 0 bridgehead atoms. The molecule has 242 valence electrons. The smallest absolute Gasteiger partial charge is 0.253 e. The number of nitroso groups, excluding NO2 is 1. The Morgan fingerprint density at radius 1 is 0.729 bits per heavy atom. The van der Waals surface area contributed by atoms with E-state index in [4.69, 9.17) is 4.91 Å². The minimum Gasteiger partial charge on any atom is -0.348 e. The van der Waals surface area contributed by atoms with Crippen molar-refractivity contribution in [3.8, 4) is 118 Å². The maximum atomic E-state index is 13.0. The van der Waals surface area contributed by atoms with Gasteiger partial charge in [-0.1, -0.05) is 53.8 Å². The van der Waals surface area contributed by atoms with Gasteiger partial charge in [-0.05, 0) is 145 Å². The summed E-state index contributed by atoms with van der Waals surface area (Å²) in [7, 11) is 0. The van der Waals surface area contributed by atoms with Crippen molar-refractivity contribution in [2.24, 2.45) is 11.1 Å². The number of pyridine rings is 1. The fourth-order valence-corrected chi connectivity index (χ4v) is 2.92. The van der Waals surface area contributed by atoms with Crippen molar-refractivity contribution in [1.29, 1.82) is 0 Å². The molecule has 48 heavy (non-hydrogen) atoms. The Morgan fingerprint density at radius 3 is 1.56 bits per heavy atom. The van der Waals surface area contributed by atoms with Gasteiger partial charge in [-0.25, -0.2) is 4.39 Å². The van der Waals surface area contributed by atoms with Crippen LogP contribution >= 0.6 is 0 Å². The molecule has 1 heterocycles. The summed E-state index contributed by atoms with van der Waals surface area (Å²) in [5.41, 5.74) is 4.29. The minimum absolute atomic E-state index is 0. The molecule has 0 aliphatic carbocycles. The van der Waals surface area contributed by atoms with Gasteiger partial charge in [0.25, 0.3) is 5.91 Å². The second-order valence-corrected chi connectivity index (χ2v) is 8.24. The zero-order chi connectivity index (χ0) is 34.4. The zero-order valence-corrected chi connectivity index (χ0v) is 26.1. The molecule has 0 unspecified atom stereocenters. The fraction of sp³-hybridized carbons (Fsp3) is 0.100. The van der Waals surface area contributed by atoms with E-state index >= 15 is 0 Å². The fourth-order valence-electron chi connectivity index (χ4n) is 2.92. The van der Waals surface area contributed by atoms with Crippen LogP contribution < -0.4 is 11.2 Å². The third-order valence-electron chi connectivity index (χ3n) is 4.94. The summed E-state index contributed by atoms with van der Waals surface area (Å²) in [6.45, 7) is 5.89. The van der Waals surface area contributed by atoms with Crippen LogP contribution in [0.4, 0.5) is 9.09 Å². The molecular formula is C40H36F2N4O2.